The van der Waals surface area contributed by atoms with Gasteiger partial charge in [-0.3, -0.25) is 5.41 Å². The number of nitrogens with two attached hydrogens (primary N) is 1. The van der Waals surface area contributed by atoms with Crippen LogP contribution in [0.5, 0.6) is 0 Å². The van der Waals surface area contributed by atoms with Crippen LogP contribution in [0.2, 0.25) is 0 Å². The van der Waals surface area contributed by atoms with Gasteiger partial charge < -0.3 is 10.5 Å². The summed E-state index contributed by atoms with van der Waals surface area (Å²) in [7, 11) is 0. The van der Waals surface area contributed by atoms with Gasteiger partial charge in [0.1, 0.15) is 11.9 Å². The Kier molecular flexibility index (Phi) is 5.28. The predicted molar refractivity (Wildman–Crippen MR) is 90.2 cm³/mol. The smallest absolute Gasteiger partial charge is 0.151 e. The monoisotopic (exact) mass is 300 g/mol. The fourth-order valence-electron chi connectivity index (χ4n) is 2.39. The summed E-state index contributed by atoms with van der Waals surface area (Å²) in [5, 5.41) is 7.41. The molecule has 1 fully saturated rings. The minimum atomic E-state index is -0.00372. The Morgan fingerprint density at radius 3 is 2.81 bits per heavy atom. The molecule has 1 aliphatic heterocycles. The van der Waals surface area contributed by atoms with E-state index in [1.807, 2.05) is 31.2 Å². The topological polar surface area (TPSA) is 59.1 Å². The lowest BCUT2D eigenvalue weighted by Crippen LogP contribution is -2.15. The number of benzene rings is 1. The lowest BCUT2D eigenvalue weighted by Gasteiger charge is -2.30. The van der Waals surface area contributed by atoms with Gasteiger partial charge in [-0.15, -0.1) is 0 Å². The van der Waals surface area contributed by atoms with E-state index in [1.54, 1.807) is 0 Å². The second-order valence-electron chi connectivity index (χ2n) is 4.75. The summed E-state index contributed by atoms with van der Waals surface area (Å²) in [5.74, 6) is 1.40. The molecule has 0 spiro atoms. The Labute approximate surface area is 130 Å². The van der Waals surface area contributed by atoms with E-state index in [4.69, 9.17) is 15.9 Å². The molecule has 3 N–H and O–H groups in total. The molecule has 1 aliphatic rings. The molecule has 1 saturated heterocycles. The Bertz CT molecular complexity index is 590. The van der Waals surface area contributed by atoms with Crippen molar-refractivity contribution >= 4 is 16.9 Å². The third-order valence-corrected chi connectivity index (χ3v) is 4.01. The van der Waals surface area contributed by atoms with E-state index in [-0.39, 0.29) is 11.3 Å². The van der Waals surface area contributed by atoms with E-state index in [0.717, 1.165) is 17.6 Å². The van der Waals surface area contributed by atoms with Gasteiger partial charge in [0.15, 0.2) is 5.17 Å². The highest BCUT2D eigenvalue weighted by atomic mass is 32.2. The maximum Gasteiger partial charge on any atom is 0.151 e. The molecule has 21 heavy (non-hydrogen) atoms. The highest BCUT2D eigenvalue weighted by Gasteiger charge is 2.25. The molecular weight excluding hydrogens is 280 g/mol. The third-order valence-electron chi connectivity index (χ3n) is 3.36. The van der Waals surface area contributed by atoms with Crippen LogP contribution in [-0.2, 0) is 4.74 Å². The number of thioether (sulfide) groups is 1. The summed E-state index contributed by atoms with van der Waals surface area (Å²) in [5.41, 5.74) is 8.79. The van der Waals surface area contributed by atoms with E-state index in [0.29, 0.717) is 11.5 Å². The molecule has 0 amide bonds. The third kappa shape index (κ3) is 4.02. The van der Waals surface area contributed by atoms with Crippen molar-refractivity contribution in [1.29, 1.82) is 5.41 Å². The Balaban J connectivity index is 2.20. The first-order valence-corrected chi connectivity index (χ1v) is 7.83. The Hall–Kier alpha value is -1.94. The molecule has 0 bridgehead atoms. The van der Waals surface area contributed by atoms with Gasteiger partial charge in [-0.1, -0.05) is 60.8 Å². The van der Waals surface area contributed by atoms with Gasteiger partial charge in [-0.2, -0.15) is 0 Å². The molecule has 110 valence electrons. The van der Waals surface area contributed by atoms with Crippen LogP contribution in [-0.4, -0.2) is 10.9 Å². The van der Waals surface area contributed by atoms with E-state index >= 15 is 0 Å². The largest absolute Gasteiger partial charge is 0.485 e. The molecule has 1 heterocycles. The van der Waals surface area contributed by atoms with Crippen LogP contribution in [0.25, 0.3) is 0 Å². The molecule has 1 aromatic rings. The average molecular weight is 300 g/mol. The van der Waals surface area contributed by atoms with Crippen LogP contribution in [0.4, 0.5) is 0 Å². The van der Waals surface area contributed by atoms with Crippen LogP contribution < -0.4 is 5.73 Å². The summed E-state index contributed by atoms with van der Waals surface area (Å²) in [6.45, 7) is 6.02. The number of rotatable bonds is 3. The summed E-state index contributed by atoms with van der Waals surface area (Å²) >= 11 is 1.32. The zero-order chi connectivity index (χ0) is 15.2. The number of ether oxygens (including phenoxy) is 1. The number of nitrogens with one attached hydrogen (secondary N) is 1. The highest BCUT2D eigenvalue weighted by molar-refractivity contribution is 8.13. The minimum absolute atomic E-state index is 0.00372. The van der Waals surface area contributed by atoms with E-state index in [1.165, 1.54) is 17.3 Å². The minimum Gasteiger partial charge on any atom is -0.485 e. The summed E-state index contributed by atoms with van der Waals surface area (Å²) in [4.78, 5) is 0. The van der Waals surface area contributed by atoms with Gasteiger partial charge in [-0.25, -0.2) is 0 Å². The van der Waals surface area contributed by atoms with E-state index < -0.39 is 0 Å². The first-order valence-electron chi connectivity index (χ1n) is 6.85. The second kappa shape index (κ2) is 7.18. The zero-order valence-corrected chi connectivity index (χ0v) is 13.0. The van der Waals surface area contributed by atoms with Crippen LogP contribution in [0, 0.1) is 5.41 Å². The number of hydrogen-bond acceptors (Lipinski definition) is 3. The van der Waals surface area contributed by atoms with Crippen LogP contribution in [0.15, 0.2) is 66.0 Å². The van der Waals surface area contributed by atoms with Gasteiger partial charge >= 0.3 is 0 Å². The molecular formula is C17H20N2OS. The molecule has 0 saturated carbocycles. The Morgan fingerprint density at radius 1 is 1.48 bits per heavy atom. The summed E-state index contributed by atoms with van der Waals surface area (Å²) < 4.78 is 5.96. The van der Waals surface area contributed by atoms with Crippen LogP contribution in [0.1, 0.15) is 25.0 Å². The lowest BCUT2D eigenvalue weighted by atomic mass is 9.92. The molecule has 1 atom stereocenters. The highest BCUT2D eigenvalue weighted by Crippen LogP contribution is 2.39. The zero-order valence-electron chi connectivity index (χ0n) is 12.1. The van der Waals surface area contributed by atoms with Crippen molar-refractivity contribution in [2.75, 3.05) is 5.75 Å². The van der Waals surface area contributed by atoms with Gasteiger partial charge in [-0.05, 0) is 18.1 Å². The van der Waals surface area contributed by atoms with E-state index in [9.17, 15) is 0 Å². The van der Waals surface area contributed by atoms with Gasteiger partial charge in [0.2, 0.25) is 0 Å². The number of amidine groups is 1. The van der Waals surface area contributed by atoms with Crippen molar-refractivity contribution in [1.82, 2.24) is 0 Å². The maximum absolute atomic E-state index is 7.28. The first-order chi connectivity index (χ1) is 10.1. The van der Waals surface area contributed by atoms with Crippen molar-refractivity contribution in [3.8, 4) is 0 Å². The van der Waals surface area contributed by atoms with Crippen molar-refractivity contribution in [3.05, 3.63) is 71.5 Å². The quantitative estimate of drug-likeness (QED) is 0.651. The van der Waals surface area contributed by atoms with Gasteiger partial charge in [0.25, 0.3) is 0 Å². The fourth-order valence-corrected chi connectivity index (χ4v) is 2.86. The summed E-state index contributed by atoms with van der Waals surface area (Å²) in [6.07, 6.45) is 4.94. The maximum atomic E-state index is 7.28. The lowest BCUT2D eigenvalue weighted by molar-refractivity contribution is 0.112. The molecule has 0 aromatic heterocycles. The van der Waals surface area contributed by atoms with Crippen LogP contribution in [0.3, 0.4) is 0 Å². The van der Waals surface area contributed by atoms with Crippen molar-refractivity contribution in [3.63, 3.8) is 0 Å². The van der Waals surface area contributed by atoms with Crippen molar-refractivity contribution < 1.29 is 4.74 Å². The molecule has 1 aromatic carbocycles. The van der Waals surface area contributed by atoms with E-state index in [2.05, 4.69) is 24.8 Å². The van der Waals surface area contributed by atoms with Crippen molar-refractivity contribution in [2.45, 2.75) is 19.4 Å². The molecule has 4 heteroatoms. The number of allylic oxidation sites excluding steroid dienone is 2. The predicted octanol–water partition coefficient (Wildman–Crippen LogP) is 4.16. The fraction of sp³-hybridized carbons (Fsp3) is 0.235. The Morgan fingerprint density at radius 2 is 2.19 bits per heavy atom. The molecule has 1 unspecified atom stereocenters. The normalized spacial score (nSPS) is 22.3. The van der Waals surface area contributed by atoms with Gasteiger partial charge in [0, 0.05) is 17.7 Å². The van der Waals surface area contributed by atoms with Gasteiger partial charge in [0.05, 0.1) is 0 Å². The standard InChI is InChI=1S/C17H20N2OS/c1-3-15-12(2)20-16(13-7-5-4-6-8-13)11-14(15)9-10-21-17(18)19/h3-9,16H,2,10-11H2,1H3,(H3,18,19). The molecule has 3 nitrogen and oxygen atoms in total. The average Bonchev–Trinajstić information content (AvgIpc) is 2.47. The SMILES string of the molecule is C=C1OC(c2ccccc2)CC(=CCSC(=N)N)C1=CC. The van der Waals surface area contributed by atoms with Crippen molar-refractivity contribution in [2.24, 2.45) is 5.73 Å². The molecule has 0 aliphatic carbocycles. The van der Waals surface area contributed by atoms with Crippen LogP contribution >= 0.6 is 11.8 Å². The summed E-state index contributed by atoms with van der Waals surface area (Å²) in [6, 6.07) is 10.2. The molecule has 2 rings (SSSR count). The number of hydrogen-bond donors (Lipinski definition) is 2. The first kappa shape index (κ1) is 15.4. The molecule has 0 radical (unpaired) electrons. The second-order valence-corrected chi connectivity index (χ2v) is 5.81.